The summed E-state index contributed by atoms with van der Waals surface area (Å²) in [5.74, 6) is 0.969. The molecule has 92 heavy (non-hydrogen) atoms. The van der Waals surface area contributed by atoms with Crippen LogP contribution in [0.4, 0.5) is 24.5 Å². The van der Waals surface area contributed by atoms with E-state index < -0.39 is 11.7 Å². The van der Waals surface area contributed by atoms with E-state index in [-0.39, 0.29) is 11.4 Å². The molecule has 0 fully saturated rings. The summed E-state index contributed by atoms with van der Waals surface area (Å²) in [7, 11) is 0. The van der Waals surface area contributed by atoms with Gasteiger partial charge in [0.05, 0.1) is 69.7 Å². The minimum Gasteiger partial charge on any atom is -0.309 e. The van der Waals surface area contributed by atoms with E-state index in [0.29, 0.717) is 78.8 Å². The maximum Gasteiger partial charge on any atom is 0.416 e. The topological polar surface area (TPSA) is 105 Å². The molecule has 0 unspecified atom stereocenters. The Morgan fingerprint density at radius 1 is 0.337 bits per heavy atom. The van der Waals surface area contributed by atoms with Crippen LogP contribution in [0.5, 0.6) is 0 Å². The number of halogens is 3. The second kappa shape index (κ2) is 22.6. The molecule has 15 aromatic rings. The van der Waals surface area contributed by atoms with Crippen molar-refractivity contribution in [2.24, 2.45) is 0 Å². The molecule has 0 atom stereocenters. The Morgan fingerprint density at radius 2 is 0.717 bits per heavy atom. The van der Waals surface area contributed by atoms with Crippen molar-refractivity contribution >= 4 is 55.0 Å². The van der Waals surface area contributed by atoms with Crippen molar-refractivity contribution < 1.29 is 13.2 Å². The largest absolute Gasteiger partial charge is 0.416 e. The van der Waals surface area contributed by atoms with E-state index in [9.17, 15) is 10.5 Å². The van der Waals surface area contributed by atoms with Gasteiger partial charge in [-0.15, -0.1) is 0 Å². The van der Waals surface area contributed by atoms with E-state index in [1.165, 1.54) is 6.07 Å². The minimum absolute atomic E-state index is 0.230. The lowest BCUT2D eigenvalue weighted by atomic mass is 9.94. The van der Waals surface area contributed by atoms with E-state index in [2.05, 4.69) is 62.8 Å². The molecule has 430 valence electrons. The van der Waals surface area contributed by atoms with Crippen LogP contribution in [0.25, 0.3) is 154 Å². The normalized spacial score (nSPS) is 11.4. The summed E-state index contributed by atoms with van der Waals surface area (Å²) in [5, 5.41) is 22.8. The van der Waals surface area contributed by atoms with Gasteiger partial charge in [0.1, 0.15) is 0 Å². The molecule has 3 heterocycles. The number of fused-ring (bicyclic) bond motifs is 6. The van der Waals surface area contributed by atoms with Gasteiger partial charge >= 0.3 is 6.18 Å². The van der Waals surface area contributed by atoms with Gasteiger partial charge in [-0.05, 0) is 159 Å². The molecule has 9 nitrogen and oxygen atoms in total. The number of benzene rings is 12. The lowest BCUT2D eigenvalue weighted by Crippen LogP contribution is -2.08. The fourth-order valence-electron chi connectivity index (χ4n) is 12.4. The average Bonchev–Trinajstić information content (AvgIpc) is 1.56. The van der Waals surface area contributed by atoms with Crippen LogP contribution in [0.1, 0.15) is 16.7 Å². The molecule has 0 aliphatic rings. The molecule has 3 aromatic heterocycles. The summed E-state index contributed by atoms with van der Waals surface area (Å²) < 4.78 is 51.6. The Kier molecular flexibility index (Phi) is 13.7. The van der Waals surface area contributed by atoms with Gasteiger partial charge in [0.15, 0.2) is 28.8 Å². The first-order valence-corrected chi connectivity index (χ1v) is 29.4. The Labute approximate surface area is 526 Å². The molecule has 0 aliphatic heterocycles. The molecule has 0 N–H and O–H groups in total. The van der Waals surface area contributed by atoms with Gasteiger partial charge in [-0.2, -0.15) is 23.7 Å². The standard InChI is InChI=1S/C80H44F3N9/c1-86-62-30-21-53(22-31-62)59-25-36-72-67(41-59)68-42-60(54-23-32-63(87-2)33-24-54)26-37-73(68)91(72)64-34-35-65(79-89-77(55-9-5-3-6-10-55)88-78(90-79)56-11-7-4-8-12-56)66(46-64)71-45-61(80(81,82)83)29-40-76(71)92-74-38-27-57(51-17-13-49(47-84)14-18-51)43-69(74)70-44-58(28-39-75(70)92)52-19-15-50(48-85)16-20-52/h3-46H. The maximum atomic E-state index is 15.8. The first-order chi connectivity index (χ1) is 45.0. The first kappa shape index (κ1) is 55.6. The number of nitriles is 2. The highest BCUT2D eigenvalue weighted by atomic mass is 19.4. The van der Waals surface area contributed by atoms with Crippen molar-refractivity contribution in [3.8, 4) is 113 Å². The maximum absolute atomic E-state index is 15.8. The van der Waals surface area contributed by atoms with Crippen molar-refractivity contribution in [3.05, 3.63) is 306 Å². The highest BCUT2D eigenvalue weighted by Gasteiger charge is 2.33. The molecular weight excluding hydrogens is 1140 g/mol. The molecule has 0 amide bonds. The van der Waals surface area contributed by atoms with Crippen molar-refractivity contribution in [2.45, 2.75) is 6.18 Å². The molecule has 0 spiro atoms. The highest BCUT2D eigenvalue weighted by molar-refractivity contribution is 6.14. The molecule has 12 aromatic carbocycles. The van der Waals surface area contributed by atoms with Gasteiger partial charge < -0.3 is 9.13 Å². The summed E-state index contributed by atoms with van der Waals surface area (Å²) in [5.41, 5.74) is 15.0. The fourth-order valence-corrected chi connectivity index (χ4v) is 12.4. The third-order valence-electron chi connectivity index (χ3n) is 16.9. The van der Waals surface area contributed by atoms with Gasteiger partial charge in [0, 0.05) is 49.5 Å². The SMILES string of the molecule is [C-]#[N+]c1ccc(-c2ccc3c(c2)c2cc(-c4ccc([N+]#[C-])cc4)ccc2n3-c2ccc(-c3nc(-c4ccccc4)nc(-c4ccccc4)n3)c(-c3cc(C(F)(F)F)ccc3-n3c4ccc(-c5ccc(C#N)cc5)cc4c4cc(-c5ccc(C#N)cc5)ccc43)c2)cc1. The summed E-state index contributed by atoms with van der Waals surface area (Å²) >= 11 is 0. The van der Waals surface area contributed by atoms with E-state index in [0.717, 1.165) is 83.2 Å². The Bertz CT molecular complexity index is 5340. The Morgan fingerprint density at radius 3 is 1.11 bits per heavy atom. The third-order valence-corrected chi connectivity index (χ3v) is 16.9. The molecule has 0 bridgehead atoms. The second-order valence-corrected chi connectivity index (χ2v) is 22.3. The molecule has 12 heteroatoms. The predicted octanol–water partition coefficient (Wildman–Crippen LogP) is 21.3. The number of rotatable bonds is 10. The van der Waals surface area contributed by atoms with Gasteiger partial charge in [-0.1, -0.05) is 158 Å². The van der Waals surface area contributed by atoms with E-state index in [1.54, 1.807) is 54.6 Å². The number of aromatic nitrogens is 5. The minimum atomic E-state index is -4.78. The Hall–Kier alpha value is -13.0. The van der Waals surface area contributed by atoms with Gasteiger partial charge in [0.2, 0.25) is 0 Å². The number of hydrogen-bond donors (Lipinski definition) is 0. The van der Waals surface area contributed by atoms with Crippen molar-refractivity contribution in [1.29, 1.82) is 10.5 Å². The van der Waals surface area contributed by atoms with E-state index >= 15 is 13.2 Å². The number of nitrogens with zero attached hydrogens (tertiary/aromatic N) is 9. The fraction of sp³-hybridized carbons (Fsp3) is 0.0125. The van der Waals surface area contributed by atoms with E-state index in [1.807, 2.05) is 168 Å². The van der Waals surface area contributed by atoms with Crippen molar-refractivity contribution in [3.63, 3.8) is 0 Å². The second-order valence-electron chi connectivity index (χ2n) is 22.3. The zero-order chi connectivity index (χ0) is 62.6. The van der Waals surface area contributed by atoms with Crippen LogP contribution in [-0.2, 0) is 6.18 Å². The quantitative estimate of drug-likeness (QED) is 0.127. The van der Waals surface area contributed by atoms with Crippen LogP contribution >= 0.6 is 0 Å². The predicted molar refractivity (Wildman–Crippen MR) is 359 cm³/mol. The van der Waals surface area contributed by atoms with Crippen LogP contribution in [0.15, 0.2) is 267 Å². The van der Waals surface area contributed by atoms with Gasteiger partial charge in [0.25, 0.3) is 0 Å². The smallest absolute Gasteiger partial charge is 0.309 e. The van der Waals surface area contributed by atoms with Crippen LogP contribution in [0.3, 0.4) is 0 Å². The average molecular weight is 1190 g/mol. The van der Waals surface area contributed by atoms with Crippen LogP contribution in [0.2, 0.25) is 0 Å². The van der Waals surface area contributed by atoms with E-state index in [4.69, 9.17) is 28.1 Å². The molecule has 0 saturated heterocycles. The van der Waals surface area contributed by atoms with Crippen molar-refractivity contribution in [1.82, 2.24) is 24.1 Å². The zero-order valence-electron chi connectivity index (χ0n) is 48.6. The summed E-state index contributed by atoms with van der Waals surface area (Å²) in [6.45, 7) is 15.2. The lowest BCUT2D eigenvalue weighted by Gasteiger charge is -2.20. The number of alkyl halides is 3. The van der Waals surface area contributed by atoms with Gasteiger partial charge in [-0.3, -0.25) is 0 Å². The third kappa shape index (κ3) is 9.99. The van der Waals surface area contributed by atoms with Crippen molar-refractivity contribution in [2.75, 3.05) is 0 Å². The van der Waals surface area contributed by atoms with Crippen LogP contribution in [0, 0.1) is 35.8 Å². The highest BCUT2D eigenvalue weighted by Crippen LogP contribution is 2.46. The van der Waals surface area contributed by atoms with Crippen LogP contribution in [-0.4, -0.2) is 24.1 Å². The molecule has 0 saturated carbocycles. The summed E-state index contributed by atoms with van der Waals surface area (Å²) in [6, 6.07) is 87.4. The first-order valence-electron chi connectivity index (χ1n) is 29.4. The molecule has 15 rings (SSSR count). The summed E-state index contributed by atoms with van der Waals surface area (Å²) in [6.07, 6.45) is -4.78. The Balaban J connectivity index is 1.03. The monoisotopic (exact) mass is 1190 g/mol. The molecular formula is C80H44F3N9. The van der Waals surface area contributed by atoms with Crippen LogP contribution < -0.4 is 0 Å². The zero-order valence-corrected chi connectivity index (χ0v) is 48.6. The lowest BCUT2D eigenvalue weighted by molar-refractivity contribution is -0.137. The number of hydrogen-bond acceptors (Lipinski definition) is 5. The molecule has 0 radical (unpaired) electrons. The molecule has 0 aliphatic carbocycles. The summed E-state index contributed by atoms with van der Waals surface area (Å²) in [4.78, 5) is 22.7. The van der Waals surface area contributed by atoms with Gasteiger partial charge in [-0.25, -0.2) is 24.6 Å².